The first-order chi connectivity index (χ1) is 9.06. The maximum atomic E-state index is 11.4. The van der Waals surface area contributed by atoms with Crippen LogP contribution in [-0.4, -0.2) is 34.6 Å². The molecule has 3 N–H and O–H groups in total. The van der Waals surface area contributed by atoms with Gasteiger partial charge in [0.1, 0.15) is 5.82 Å². The van der Waals surface area contributed by atoms with Crippen LogP contribution in [-0.2, 0) is 4.79 Å². The summed E-state index contributed by atoms with van der Waals surface area (Å²) in [6, 6.07) is 1.67. The molecule has 6 nitrogen and oxygen atoms in total. The second kappa shape index (κ2) is 5.88. The minimum absolute atomic E-state index is 0.00622. The lowest BCUT2D eigenvalue weighted by atomic mass is 10.3. The first-order valence-electron chi connectivity index (χ1n) is 5.98. The second-order valence-electron chi connectivity index (χ2n) is 4.38. The lowest BCUT2D eigenvalue weighted by Crippen LogP contribution is -2.27. The fourth-order valence-electron chi connectivity index (χ4n) is 1.51. The zero-order valence-corrected chi connectivity index (χ0v) is 10.9. The van der Waals surface area contributed by atoms with E-state index in [4.69, 9.17) is 16.7 Å². The van der Waals surface area contributed by atoms with Crippen molar-refractivity contribution in [3.05, 3.63) is 22.8 Å². The molecule has 1 heterocycles. The molecule has 0 aliphatic heterocycles. The molecule has 7 heteroatoms. The molecule has 0 aromatic carbocycles. The first-order valence-corrected chi connectivity index (χ1v) is 6.36. The Bertz CT molecular complexity index is 503. The smallest absolute Gasteiger partial charge is 0.337 e. The molecule has 0 atom stereocenters. The number of aromatic nitrogens is 1. The van der Waals surface area contributed by atoms with Gasteiger partial charge >= 0.3 is 5.97 Å². The number of nitrogens with zero attached hydrogens (tertiary/aromatic N) is 1. The van der Waals surface area contributed by atoms with Crippen molar-refractivity contribution in [2.45, 2.75) is 25.3 Å². The van der Waals surface area contributed by atoms with Gasteiger partial charge in [0.05, 0.1) is 10.6 Å². The highest BCUT2D eigenvalue weighted by Crippen LogP contribution is 2.20. The minimum Gasteiger partial charge on any atom is -0.478 e. The van der Waals surface area contributed by atoms with Gasteiger partial charge in [0, 0.05) is 25.2 Å². The van der Waals surface area contributed by atoms with E-state index in [1.165, 1.54) is 12.3 Å². The zero-order chi connectivity index (χ0) is 13.8. The normalized spacial score (nSPS) is 13.9. The lowest BCUT2D eigenvalue weighted by Gasteiger charge is -2.08. The lowest BCUT2D eigenvalue weighted by molar-refractivity contribution is -0.120. The van der Waals surface area contributed by atoms with E-state index in [1.807, 2.05) is 0 Å². The molecule has 1 amide bonds. The van der Waals surface area contributed by atoms with Crippen molar-refractivity contribution in [1.29, 1.82) is 0 Å². The first kappa shape index (κ1) is 13.6. The average Bonchev–Trinajstić information content (AvgIpc) is 3.14. The van der Waals surface area contributed by atoms with Gasteiger partial charge in [-0.15, -0.1) is 0 Å². The van der Waals surface area contributed by atoms with Crippen molar-refractivity contribution in [3.8, 4) is 0 Å². The minimum atomic E-state index is -1.08. The molecular formula is C12H14ClN3O3. The van der Waals surface area contributed by atoms with Crippen LogP contribution in [0.1, 0.15) is 29.6 Å². The highest BCUT2D eigenvalue weighted by molar-refractivity contribution is 6.33. The quantitative estimate of drug-likeness (QED) is 0.736. The Balaban J connectivity index is 1.81. The summed E-state index contributed by atoms with van der Waals surface area (Å²) in [5, 5.41) is 14.8. The van der Waals surface area contributed by atoms with Gasteiger partial charge in [-0.2, -0.15) is 0 Å². The number of carbonyl (C=O) groups excluding carboxylic acids is 1. The fourth-order valence-corrected chi connectivity index (χ4v) is 1.74. The third-order valence-corrected chi connectivity index (χ3v) is 2.96. The largest absolute Gasteiger partial charge is 0.478 e. The number of hydrogen-bond donors (Lipinski definition) is 3. The highest BCUT2D eigenvalue weighted by Gasteiger charge is 2.22. The number of aromatic carboxylic acids is 1. The van der Waals surface area contributed by atoms with Crippen molar-refractivity contribution in [1.82, 2.24) is 10.3 Å². The topological polar surface area (TPSA) is 91.3 Å². The zero-order valence-electron chi connectivity index (χ0n) is 10.1. The van der Waals surface area contributed by atoms with E-state index in [1.54, 1.807) is 0 Å². The van der Waals surface area contributed by atoms with Gasteiger partial charge in [0.15, 0.2) is 0 Å². The van der Waals surface area contributed by atoms with Crippen LogP contribution >= 0.6 is 11.6 Å². The molecule has 1 aromatic heterocycles. The Labute approximate surface area is 115 Å². The molecule has 1 fully saturated rings. The highest BCUT2D eigenvalue weighted by atomic mass is 35.5. The van der Waals surface area contributed by atoms with E-state index in [0.29, 0.717) is 24.8 Å². The van der Waals surface area contributed by atoms with Gasteiger partial charge in [0.25, 0.3) is 0 Å². The number of amides is 1. The fraction of sp³-hybridized carbons (Fsp3) is 0.417. The number of carboxylic acids is 1. The summed E-state index contributed by atoms with van der Waals surface area (Å²) < 4.78 is 0. The van der Waals surface area contributed by atoms with Crippen molar-refractivity contribution in [3.63, 3.8) is 0 Å². The molecule has 19 heavy (non-hydrogen) atoms. The SMILES string of the molecule is O=C(CCNc1ncc(C(=O)O)cc1Cl)NC1CC1. The molecule has 102 valence electrons. The van der Waals surface area contributed by atoms with E-state index >= 15 is 0 Å². The van der Waals surface area contributed by atoms with Crippen LogP contribution in [0, 0.1) is 0 Å². The van der Waals surface area contributed by atoms with Crippen molar-refractivity contribution in [2.24, 2.45) is 0 Å². The summed E-state index contributed by atoms with van der Waals surface area (Å²) in [6.07, 6.45) is 3.67. The van der Waals surface area contributed by atoms with Crippen LogP contribution in [0.25, 0.3) is 0 Å². The van der Waals surface area contributed by atoms with E-state index in [0.717, 1.165) is 12.8 Å². The maximum Gasteiger partial charge on any atom is 0.337 e. The molecular weight excluding hydrogens is 270 g/mol. The van der Waals surface area contributed by atoms with Crippen molar-refractivity contribution < 1.29 is 14.7 Å². The molecule has 0 unspecified atom stereocenters. The summed E-state index contributed by atoms with van der Waals surface area (Å²) in [4.78, 5) is 26.0. The number of carboxylic acid groups (broad SMARTS) is 1. The Morgan fingerprint density at radius 2 is 2.21 bits per heavy atom. The Hall–Kier alpha value is -1.82. The monoisotopic (exact) mass is 283 g/mol. The number of halogens is 1. The van der Waals surface area contributed by atoms with Gasteiger partial charge in [0.2, 0.25) is 5.91 Å². The maximum absolute atomic E-state index is 11.4. The Kier molecular flexibility index (Phi) is 4.21. The summed E-state index contributed by atoms with van der Waals surface area (Å²) in [5.74, 6) is -0.705. The van der Waals surface area contributed by atoms with Gasteiger partial charge < -0.3 is 15.7 Å². The van der Waals surface area contributed by atoms with Gasteiger partial charge in [-0.3, -0.25) is 4.79 Å². The number of hydrogen-bond acceptors (Lipinski definition) is 4. The summed E-state index contributed by atoms with van der Waals surface area (Å²) in [6.45, 7) is 0.400. The van der Waals surface area contributed by atoms with E-state index in [-0.39, 0.29) is 16.5 Å². The average molecular weight is 284 g/mol. The molecule has 1 aliphatic rings. The summed E-state index contributed by atoms with van der Waals surface area (Å²) >= 11 is 5.89. The van der Waals surface area contributed by atoms with Crippen LogP contribution in [0.2, 0.25) is 5.02 Å². The van der Waals surface area contributed by atoms with E-state index in [9.17, 15) is 9.59 Å². The van der Waals surface area contributed by atoms with Gasteiger partial charge in [-0.25, -0.2) is 9.78 Å². The predicted octanol–water partition coefficient (Wildman–Crippen LogP) is 1.51. The van der Waals surface area contributed by atoms with Crippen LogP contribution in [0.3, 0.4) is 0 Å². The van der Waals surface area contributed by atoms with Crippen LogP contribution in [0.5, 0.6) is 0 Å². The van der Waals surface area contributed by atoms with Gasteiger partial charge in [-0.05, 0) is 18.9 Å². The van der Waals surface area contributed by atoms with Gasteiger partial charge in [-0.1, -0.05) is 11.6 Å². The van der Waals surface area contributed by atoms with Crippen molar-refractivity contribution >= 4 is 29.3 Å². The molecule has 0 bridgehead atoms. The molecule has 0 saturated heterocycles. The molecule has 0 spiro atoms. The Morgan fingerprint density at radius 3 is 2.79 bits per heavy atom. The molecule has 2 rings (SSSR count). The van der Waals surface area contributed by atoms with E-state index < -0.39 is 5.97 Å². The third kappa shape index (κ3) is 4.10. The predicted molar refractivity (Wildman–Crippen MR) is 70.5 cm³/mol. The van der Waals surface area contributed by atoms with Crippen LogP contribution in [0.15, 0.2) is 12.3 Å². The summed E-state index contributed by atoms with van der Waals surface area (Å²) in [5.41, 5.74) is 0.0297. The van der Waals surface area contributed by atoms with E-state index in [2.05, 4.69) is 15.6 Å². The Morgan fingerprint density at radius 1 is 1.47 bits per heavy atom. The van der Waals surface area contributed by atoms with Crippen LogP contribution < -0.4 is 10.6 Å². The number of anilines is 1. The second-order valence-corrected chi connectivity index (χ2v) is 4.79. The molecule has 1 aliphatic carbocycles. The number of pyridine rings is 1. The van der Waals surface area contributed by atoms with Crippen molar-refractivity contribution in [2.75, 3.05) is 11.9 Å². The standard InChI is InChI=1S/C12H14ClN3O3/c13-9-5-7(12(18)19)6-15-11(9)14-4-3-10(17)16-8-1-2-8/h5-6,8H,1-4H2,(H,14,15)(H,16,17)(H,18,19). The number of carbonyl (C=O) groups is 2. The molecule has 0 radical (unpaired) electrons. The summed E-state index contributed by atoms with van der Waals surface area (Å²) in [7, 11) is 0. The molecule has 1 aromatic rings. The number of nitrogens with one attached hydrogen (secondary N) is 2. The number of rotatable bonds is 6. The third-order valence-electron chi connectivity index (χ3n) is 2.68. The van der Waals surface area contributed by atoms with Crippen LogP contribution in [0.4, 0.5) is 5.82 Å². The molecule has 1 saturated carbocycles.